The Morgan fingerprint density at radius 3 is 2.50 bits per heavy atom. The van der Waals surface area contributed by atoms with Gasteiger partial charge < -0.3 is 0 Å². The van der Waals surface area contributed by atoms with Crippen molar-refractivity contribution in [1.29, 1.82) is 0 Å². The SMILES string of the molecule is Cc1cc(Cl)nc(NS(=O)(=O)c2cccc(Cl)c2C)n1. The lowest BCUT2D eigenvalue weighted by Gasteiger charge is -2.10. The van der Waals surface area contributed by atoms with Crippen molar-refractivity contribution < 1.29 is 8.42 Å². The van der Waals surface area contributed by atoms with Crippen LogP contribution in [0, 0.1) is 13.8 Å². The summed E-state index contributed by atoms with van der Waals surface area (Å²) in [6.07, 6.45) is 0. The summed E-state index contributed by atoms with van der Waals surface area (Å²) in [5.41, 5.74) is 1.02. The van der Waals surface area contributed by atoms with E-state index < -0.39 is 10.0 Å². The fraction of sp³-hybridized carbons (Fsp3) is 0.167. The van der Waals surface area contributed by atoms with Gasteiger partial charge in [0.15, 0.2) is 0 Å². The highest BCUT2D eigenvalue weighted by Gasteiger charge is 2.19. The fourth-order valence-corrected chi connectivity index (χ4v) is 3.31. The molecule has 20 heavy (non-hydrogen) atoms. The Hall–Kier alpha value is -1.37. The van der Waals surface area contributed by atoms with E-state index in [0.29, 0.717) is 16.3 Å². The number of aromatic nitrogens is 2. The monoisotopic (exact) mass is 331 g/mol. The molecule has 0 spiro atoms. The Labute approximate surface area is 127 Å². The molecule has 0 atom stereocenters. The van der Waals surface area contributed by atoms with Gasteiger partial charge in [-0.1, -0.05) is 29.3 Å². The molecule has 0 saturated heterocycles. The van der Waals surface area contributed by atoms with Crippen LogP contribution in [-0.4, -0.2) is 18.4 Å². The number of nitrogens with zero attached hydrogens (tertiary/aromatic N) is 2. The van der Waals surface area contributed by atoms with Gasteiger partial charge >= 0.3 is 0 Å². The highest BCUT2D eigenvalue weighted by Crippen LogP contribution is 2.24. The number of nitrogens with one attached hydrogen (secondary N) is 1. The second-order valence-corrected chi connectivity index (χ2v) is 6.57. The van der Waals surface area contributed by atoms with Crippen LogP contribution in [0.25, 0.3) is 0 Å². The van der Waals surface area contributed by atoms with Gasteiger partial charge in [0.05, 0.1) is 4.90 Å². The quantitative estimate of drug-likeness (QED) is 0.876. The third-order valence-corrected chi connectivity index (χ3v) is 4.63. The molecule has 0 bridgehead atoms. The molecule has 8 heteroatoms. The van der Waals surface area contributed by atoms with Crippen molar-refractivity contribution in [2.24, 2.45) is 0 Å². The summed E-state index contributed by atoms with van der Waals surface area (Å²) < 4.78 is 26.9. The maximum atomic E-state index is 12.3. The predicted molar refractivity (Wildman–Crippen MR) is 78.8 cm³/mol. The molecule has 5 nitrogen and oxygen atoms in total. The van der Waals surface area contributed by atoms with E-state index in [1.54, 1.807) is 26.0 Å². The molecule has 2 aromatic rings. The summed E-state index contributed by atoms with van der Waals surface area (Å²) in [6, 6.07) is 6.18. The molecule has 2 rings (SSSR count). The zero-order valence-electron chi connectivity index (χ0n) is 10.7. The Morgan fingerprint density at radius 2 is 1.85 bits per heavy atom. The second kappa shape index (κ2) is 5.55. The number of hydrogen-bond donors (Lipinski definition) is 1. The van der Waals surface area contributed by atoms with E-state index in [1.165, 1.54) is 12.1 Å². The van der Waals surface area contributed by atoms with E-state index in [2.05, 4.69) is 14.7 Å². The molecule has 0 amide bonds. The van der Waals surface area contributed by atoms with Crippen molar-refractivity contribution in [3.05, 3.63) is 45.7 Å². The second-order valence-electron chi connectivity index (χ2n) is 4.12. The first-order chi connectivity index (χ1) is 9.29. The van der Waals surface area contributed by atoms with E-state index >= 15 is 0 Å². The van der Waals surface area contributed by atoms with Crippen LogP contribution >= 0.6 is 23.2 Å². The van der Waals surface area contributed by atoms with Gasteiger partial charge in [-0.05, 0) is 37.6 Å². The van der Waals surface area contributed by atoms with Crippen LogP contribution in [-0.2, 0) is 10.0 Å². The smallest absolute Gasteiger partial charge is 0.247 e. The van der Waals surface area contributed by atoms with Crippen LogP contribution in [0.15, 0.2) is 29.2 Å². The lowest BCUT2D eigenvalue weighted by molar-refractivity contribution is 0.600. The lowest BCUT2D eigenvalue weighted by atomic mass is 10.2. The normalized spacial score (nSPS) is 11.4. The summed E-state index contributed by atoms with van der Waals surface area (Å²) in [7, 11) is -3.82. The molecule has 106 valence electrons. The molecule has 0 fully saturated rings. The molecule has 0 saturated carbocycles. The topological polar surface area (TPSA) is 72.0 Å². The number of halogens is 2. The van der Waals surface area contributed by atoms with Gasteiger partial charge in [-0.25, -0.2) is 23.1 Å². The molecule has 0 aliphatic heterocycles. The van der Waals surface area contributed by atoms with Gasteiger partial charge in [-0.15, -0.1) is 0 Å². The number of sulfonamides is 1. The number of benzene rings is 1. The van der Waals surface area contributed by atoms with Crippen LogP contribution in [0.3, 0.4) is 0 Å². The van der Waals surface area contributed by atoms with Gasteiger partial charge in [-0.2, -0.15) is 0 Å². The van der Waals surface area contributed by atoms with Crippen LogP contribution in [0.5, 0.6) is 0 Å². The fourth-order valence-electron chi connectivity index (χ4n) is 1.63. The highest BCUT2D eigenvalue weighted by atomic mass is 35.5. The molecule has 1 aromatic carbocycles. The van der Waals surface area contributed by atoms with Crippen LogP contribution in [0.1, 0.15) is 11.3 Å². The van der Waals surface area contributed by atoms with Crippen molar-refractivity contribution in [3.63, 3.8) is 0 Å². The minimum Gasteiger partial charge on any atom is -0.247 e. The number of aryl methyl sites for hydroxylation is 1. The minimum absolute atomic E-state index is 0.0747. The molecular weight excluding hydrogens is 321 g/mol. The molecule has 0 radical (unpaired) electrons. The zero-order chi connectivity index (χ0) is 14.9. The van der Waals surface area contributed by atoms with Crippen LogP contribution in [0.2, 0.25) is 10.2 Å². The molecule has 1 N–H and O–H groups in total. The van der Waals surface area contributed by atoms with Crippen molar-refractivity contribution in [2.75, 3.05) is 4.72 Å². The first-order valence-electron chi connectivity index (χ1n) is 5.59. The minimum atomic E-state index is -3.82. The van der Waals surface area contributed by atoms with Crippen molar-refractivity contribution >= 4 is 39.2 Å². The Kier molecular flexibility index (Phi) is 4.17. The van der Waals surface area contributed by atoms with E-state index in [-0.39, 0.29) is 16.0 Å². The number of anilines is 1. The van der Waals surface area contributed by atoms with Gasteiger partial charge in [-0.3, -0.25) is 0 Å². The third-order valence-electron chi connectivity index (χ3n) is 2.56. The van der Waals surface area contributed by atoms with Gasteiger partial charge in [0.1, 0.15) is 5.15 Å². The molecule has 1 aromatic heterocycles. The van der Waals surface area contributed by atoms with Crippen LogP contribution in [0.4, 0.5) is 5.95 Å². The summed E-state index contributed by atoms with van der Waals surface area (Å²) in [4.78, 5) is 7.88. The first kappa shape index (κ1) is 15.0. The summed E-state index contributed by atoms with van der Waals surface area (Å²) in [6.45, 7) is 3.32. The molecular formula is C12H11Cl2N3O2S. The van der Waals surface area contributed by atoms with Crippen molar-refractivity contribution in [2.45, 2.75) is 18.7 Å². The maximum Gasteiger partial charge on any atom is 0.264 e. The number of rotatable bonds is 3. The van der Waals surface area contributed by atoms with Gasteiger partial charge in [0, 0.05) is 10.7 Å². The largest absolute Gasteiger partial charge is 0.264 e. The Morgan fingerprint density at radius 1 is 1.15 bits per heavy atom. The molecule has 0 unspecified atom stereocenters. The van der Waals surface area contributed by atoms with E-state index in [0.717, 1.165) is 0 Å². The zero-order valence-corrected chi connectivity index (χ0v) is 13.0. The summed E-state index contributed by atoms with van der Waals surface area (Å²) >= 11 is 11.7. The Bertz CT molecular complexity index is 743. The highest BCUT2D eigenvalue weighted by molar-refractivity contribution is 7.92. The summed E-state index contributed by atoms with van der Waals surface area (Å²) in [5, 5.41) is 0.536. The molecule has 0 aliphatic carbocycles. The number of hydrogen-bond acceptors (Lipinski definition) is 4. The van der Waals surface area contributed by atoms with Gasteiger partial charge in [0.25, 0.3) is 10.0 Å². The van der Waals surface area contributed by atoms with Crippen LogP contribution < -0.4 is 4.72 Å². The first-order valence-corrected chi connectivity index (χ1v) is 7.82. The molecule has 0 aliphatic rings. The van der Waals surface area contributed by atoms with Crippen molar-refractivity contribution in [3.8, 4) is 0 Å². The van der Waals surface area contributed by atoms with E-state index in [1.807, 2.05) is 0 Å². The summed E-state index contributed by atoms with van der Waals surface area (Å²) in [5.74, 6) is -0.0747. The lowest BCUT2D eigenvalue weighted by Crippen LogP contribution is -2.16. The van der Waals surface area contributed by atoms with E-state index in [4.69, 9.17) is 23.2 Å². The van der Waals surface area contributed by atoms with Crippen molar-refractivity contribution in [1.82, 2.24) is 9.97 Å². The average molecular weight is 332 g/mol. The standard InChI is InChI=1S/C12H11Cl2N3O2S/c1-7-6-11(14)16-12(15-7)17-20(18,19)10-5-3-4-9(13)8(10)2/h3-6H,1-2H3,(H,15,16,17). The van der Waals surface area contributed by atoms with Gasteiger partial charge in [0.2, 0.25) is 5.95 Å². The predicted octanol–water partition coefficient (Wildman–Crippen LogP) is 3.20. The third kappa shape index (κ3) is 3.20. The average Bonchev–Trinajstić information content (AvgIpc) is 2.30. The Balaban J connectivity index is 2.43. The molecule has 1 heterocycles. The van der Waals surface area contributed by atoms with E-state index in [9.17, 15) is 8.42 Å². The maximum absolute atomic E-state index is 12.3.